The Kier molecular flexibility index (Phi) is 6.86. The minimum atomic E-state index is -4.45. The monoisotopic (exact) mass is 467 g/mol. The number of hydroxylamine groups is 1. The van der Waals surface area contributed by atoms with Gasteiger partial charge in [0.25, 0.3) is 5.91 Å². The molecule has 0 radical (unpaired) electrons. The second-order valence-electron chi connectivity index (χ2n) is 7.88. The molecule has 0 aliphatic carbocycles. The maximum absolute atomic E-state index is 13.0. The molecule has 2 aromatic rings. The highest BCUT2D eigenvalue weighted by atomic mass is 19.4. The van der Waals surface area contributed by atoms with Crippen LogP contribution in [-0.2, 0) is 17.5 Å². The van der Waals surface area contributed by atoms with Crippen molar-refractivity contribution in [3.05, 3.63) is 64.7 Å². The van der Waals surface area contributed by atoms with Crippen LogP contribution < -0.4 is 10.2 Å². The standard InChI is InChI=1S/C22H24F3N3O5/c23-22(24,25)17-5-3-14(4-6-17)18-13-33-19-11-15(20(29)26-31)1-2-16(19)12-28(18)21(30)27-7-9-32-10-8-27/h1-6,11,18,21,30-31H,7-10,12-13H2,(H,26,29)/t18-,21?/m1/s1. The van der Waals surface area contributed by atoms with Crippen LogP contribution >= 0.6 is 0 Å². The number of ether oxygens (including phenoxy) is 2. The number of halogens is 3. The number of nitrogens with zero attached hydrogens (tertiary/aromatic N) is 2. The van der Waals surface area contributed by atoms with Gasteiger partial charge in [0.15, 0.2) is 6.35 Å². The molecule has 0 spiro atoms. The average molecular weight is 467 g/mol. The molecule has 1 fully saturated rings. The molecule has 178 valence electrons. The highest BCUT2D eigenvalue weighted by Gasteiger charge is 2.36. The van der Waals surface area contributed by atoms with Crippen molar-refractivity contribution in [1.29, 1.82) is 0 Å². The van der Waals surface area contributed by atoms with Crippen molar-refractivity contribution in [2.24, 2.45) is 0 Å². The van der Waals surface area contributed by atoms with Crippen LogP contribution in [0, 0.1) is 0 Å². The molecule has 4 rings (SSSR count). The van der Waals surface area contributed by atoms with Crippen LogP contribution in [0.3, 0.4) is 0 Å². The van der Waals surface area contributed by atoms with Crippen molar-refractivity contribution in [2.45, 2.75) is 25.1 Å². The summed E-state index contributed by atoms with van der Waals surface area (Å²) in [4.78, 5) is 15.4. The van der Waals surface area contributed by atoms with Gasteiger partial charge in [-0.2, -0.15) is 13.2 Å². The highest BCUT2D eigenvalue weighted by Crippen LogP contribution is 2.36. The van der Waals surface area contributed by atoms with E-state index in [2.05, 4.69) is 0 Å². The van der Waals surface area contributed by atoms with E-state index in [4.69, 9.17) is 14.7 Å². The van der Waals surface area contributed by atoms with E-state index in [-0.39, 0.29) is 18.7 Å². The summed E-state index contributed by atoms with van der Waals surface area (Å²) in [6.07, 6.45) is -5.48. The first kappa shape index (κ1) is 23.5. The second kappa shape index (κ2) is 9.65. The average Bonchev–Trinajstić information content (AvgIpc) is 3.02. The fraction of sp³-hybridized carbons (Fsp3) is 0.409. The van der Waals surface area contributed by atoms with E-state index in [1.54, 1.807) is 16.4 Å². The summed E-state index contributed by atoms with van der Waals surface area (Å²) < 4.78 is 50.4. The number of morpholine rings is 1. The first-order valence-corrected chi connectivity index (χ1v) is 10.4. The fourth-order valence-electron chi connectivity index (χ4n) is 4.04. The summed E-state index contributed by atoms with van der Waals surface area (Å²) in [5.74, 6) is -0.306. The summed E-state index contributed by atoms with van der Waals surface area (Å²) in [6.45, 7) is 2.18. The molecule has 3 N–H and O–H groups in total. The summed E-state index contributed by atoms with van der Waals surface area (Å²) in [5.41, 5.74) is 2.23. The molecule has 1 unspecified atom stereocenters. The number of aliphatic hydroxyl groups excluding tert-OH is 1. The Hall–Kier alpha value is -2.70. The van der Waals surface area contributed by atoms with Crippen LogP contribution in [-0.4, -0.2) is 65.3 Å². The summed E-state index contributed by atoms with van der Waals surface area (Å²) in [6, 6.07) is 8.89. The number of benzene rings is 2. The summed E-state index contributed by atoms with van der Waals surface area (Å²) in [5, 5.41) is 20.1. The Morgan fingerprint density at radius 3 is 2.45 bits per heavy atom. The maximum atomic E-state index is 13.0. The van der Waals surface area contributed by atoms with E-state index in [1.807, 2.05) is 4.90 Å². The van der Waals surface area contributed by atoms with E-state index in [0.717, 1.165) is 12.1 Å². The Labute approximate surface area is 188 Å². The third kappa shape index (κ3) is 5.12. The van der Waals surface area contributed by atoms with Crippen molar-refractivity contribution in [3.63, 3.8) is 0 Å². The van der Waals surface area contributed by atoms with Crippen LogP contribution in [0.15, 0.2) is 42.5 Å². The van der Waals surface area contributed by atoms with Gasteiger partial charge in [0.05, 0.1) is 24.8 Å². The molecule has 2 aliphatic heterocycles. The number of carbonyl (C=O) groups excluding carboxylic acids is 1. The van der Waals surface area contributed by atoms with Gasteiger partial charge in [-0.1, -0.05) is 18.2 Å². The van der Waals surface area contributed by atoms with Crippen molar-refractivity contribution in [3.8, 4) is 5.75 Å². The predicted octanol–water partition coefficient (Wildman–Crippen LogP) is 2.37. The molecule has 0 saturated carbocycles. The molecule has 11 heteroatoms. The van der Waals surface area contributed by atoms with Gasteiger partial charge in [0.1, 0.15) is 12.4 Å². The van der Waals surface area contributed by atoms with Crippen LogP contribution in [0.5, 0.6) is 5.75 Å². The van der Waals surface area contributed by atoms with E-state index in [0.29, 0.717) is 43.2 Å². The smallest absolute Gasteiger partial charge is 0.416 e. The minimum Gasteiger partial charge on any atom is -0.491 e. The Morgan fingerprint density at radius 1 is 1.12 bits per heavy atom. The predicted molar refractivity (Wildman–Crippen MR) is 109 cm³/mol. The number of aliphatic hydroxyl groups is 1. The molecule has 2 aromatic carbocycles. The maximum Gasteiger partial charge on any atom is 0.416 e. The number of nitrogens with one attached hydrogen (secondary N) is 1. The quantitative estimate of drug-likeness (QED) is 0.470. The lowest BCUT2D eigenvalue weighted by molar-refractivity contribution is -0.159. The third-order valence-electron chi connectivity index (χ3n) is 5.87. The van der Waals surface area contributed by atoms with Crippen LogP contribution in [0.4, 0.5) is 13.2 Å². The molecule has 2 heterocycles. The van der Waals surface area contributed by atoms with E-state index in [1.165, 1.54) is 24.3 Å². The molecule has 1 saturated heterocycles. The number of carbonyl (C=O) groups is 1. The Morgan fingerprint density at radius 2 is 1.82 bits per heavy atom. The van der Waals surface area contributed by atoms with Gasteiger partial charge < -0.3 is 14.6 Å². The number of hydrogen-bond donors (Lipinski definition) is 3. The lowest BCUT2D eigenvalue weighted by atomic mass is 10.0. The normalized spacial score (nSPS) is 20.9. The summed E-state index contributed by atoms with van der Waals surface area (Å²) >= 11 is 0. The van der Waals surface area contributed by atoms with Gasteiger partial charge in [-0.15, -0.1) is 0 Å². The number of hydrogen-bond acceptors (Lipinski definition) is 7. The lowest BCUT2D eigenvalue weighted by Gasteiger charge is -2.40. The van der Waals surface area contributed by atoms with Gasteiger partial charge >= 0.3 is 6.18 Å². The fourth-order valence-corrected chi connectivity index (χ4v) is 4.04. The third-order valence-corrected chi connectivity index (χ3v) is 5.87. The van der Waals surface area contributed by atoms with E-state index < -0.39 is 30.0 Å². The molecule has 2 atom stereocenters. The lowest BCUT2D eigenvalue weighted by Crippen LogP contribution is -2.53. The van der Waals surface area contributed by atoms with Crippen molar-refractivity contribution in [1.82, 2.24) is 15.3 Å². The van der Waals surface area contributed by atoms with Crippen LogP contribution in [0.25, 0.3) is 0 Å². The zero-order valence-corrected chi connectivity index (χ0v) is 17.6. The van der Waals surface area contributed by atoms with Crippen molar-refractivity contribution < 1.29 is 37.8 Å². The van der Waals surface area contributed by atoms with Gasteiger partial charge in [0, 0.05) is 30.8 Å². The molecular weight excluding hydrogens is 443 g/mol. The molecule has 2 aliphatic rings. The molecule has 33 heavy (non-hydrogen) atoms. The first-order valence-electron chi connectivity index (χ1n) is 10.4. The van der Waals surface area contributed by atoms with Crippen molar-refractivity contribution in [2.75, 3.05) is 32.9 Å². The molecule has 0 bridgehead atoms. The zero-order chi connectivity index (χ0) is 23.6. The topological polar surface area (TPSA) is 94.5 Å². The van der Waals surface area contributed by atoms with E-state index in [9.17, 15) is 23.1 Å². The van der Waals surface area contributed by atoms with Crippen LogP contribution in [0.1, 0.15) is 33.1 Å². The molecule has 0 aromatic heterocycles. The Bertz CT molecular complexity index is 980. The van der Waals surface area contributed by atoms with E-state index >= 15 is 0 Å². The zero-order valence-electron chi connectivity index (χ0n) is 17.6. The Balaban J connectivity index is 1.67. The van der Waals surface area contributed by atoms with Gasteiger partial charge in [0.2, 0.25) is 0 Å². The first-order chi connectivity index (χ1) is 15.8. The minimum absolute atomic E-state index is 0.0317. The molecule has 1 amide bonds. The van der Waals surface area contributed by atoms with Gasteiger partial charge in [-0.25, -0.2) is 5.48 Å². The largest absolute Gasteiger partial charge is 0.491 e. The number of fused-ring (bicyclic) bond motifs is 1. The molecular formula is C22H24F3N3O5. The van der Waals surface area contributed by atoms with Gasteiger partial charge in [-0.3, -0.25) is 19.8 Å². The number of rotatable bonds is 4. The number of amides is 1. The van der Waals surface area contributed by atoms with Gasteiger partial charge in [-0.05, 0) is 29.8 Å². The SMILES string of the molecule is O=C(NO)c1ccc2c(c1)OC[C@H](c1ccc(C(F)(F)F)cc1)N(C(O)N1CCOCC1)C2. The van der Waals surface area contributed by atoms with Crippen molar-refractivity contribution >= 4 is 5.91 Å². The molecule has 8 nitrogen and oxygen atoms in total. The second-order valence-corrected chi connectivity index (χ2v) is 7.88. The number of alkyl halides is 3. The highest BCUT2D eigenvalue weighted by molar-refractivity contribution is 5.93. The summed E-state index contributed by atoms with van der Waals surface area (Å²) in [7, 11) is 0. The van der Waals surface area contributed by atoms with Crippen LogP contribution in [0.2, 0.25) is 0 Å².